The molecular weight excluding hydrogens is 462 g/mol. The van der Waals surface area contributed by atoms with Crippen LogP contribution in [-0.4, -0.2) is 31.4 Å². The maximum absolute atomic E-state index is 12.5. The van der Waals surface area contributed by atoms with Crippen molar-refractivity contribution in [2.24, 2.45) is 13.0 Å². The van der Waals surface area contributed by atoms with Gasteiger partial charge in [0.25, 0.3) is 0 Å². The molecular formula is C26H29N5OS2. The number of carbonyl (C=O) groups is 1. The molecule has 6 nitrogen and oxygen atoms in total. The van der Waals surface area contributed by atoms with Crippen molar-refractivity contribution in [2.45, 2.75) is 50.6 Å². The lowest BCUT2D eigenvalue weighted by molar-refractivity contribution is -0.113. The van der Waals surface area contributed by atoms with E-state index >= 15 is 0 Å². The van der Waals surface area contributed by atoms with Crippen molar-refractivity contribution < 1.29 is 4.79 Å². The number of nitrogens with one attached hydrogen (secondary N) is 1. The lowest BCUT2D eigenvalue weighted by Gasteiger charge is -2.20. The standard InChI is InChI=1S/C26H29N5OS2/c1-17-8-13-21-22(14-17)34-25(28-21)19-9-11-20(12-10-19)27-24(32)16-33-26-30-29-23(31(26)2)15-18-6-4-3-5-7-18/h8-14,18H,3-7,15-16H2,1-2H3,(H,27,32). The van der Waals surface area contributed by atoms with Gasteiger partial charge in [-0.3, -0.25) is 4.79 Å². The van der Waals surface area contributed by atoms with Crippen LogP contribution in [-0.2, 0) is 18.3 Å². The number of anilines is 1. The molecule has 5 rings (SSSR count). The highest BCUT2D eigenvalue weighted by atomic mass is 32.2. The number of aryl methyl sites for hydroxylation is 1. The van der Waals surface area contributed by atoms with Crippen LogP contribution in [0.4, 0.5) is 5.69 Å². The Balaban J connectivity index is 1.16. The number of aromatic nitrogens is 4. The van der Waals surface area contributed by atoms with E-state index in [2.05, 4.69) is 40.6 Å². The number of thiazole rings is 1. The van der Waals surface area contributed by atoms with E-state index in [4.69, 9.17) is 4.98 Å². The Morgan fingerprint density at radius 2 is 1.91 bits per heavy atom. The van der Waals surface area contributed by atoms with Crippen LogP contribution in [0.25, 0.3) is 20.8 Å². The zero-order valence-electron chi connectivity index (χ0n) is 19.6. The summed E-state index contributed by atoms with van der Waals surface area (Å²) in [7, 11) is 2.00. The number of benzene rings is 2. The molecule has 1 aliphatic carbocycles. The van der Waals surface area contributed by atoms with Gasteiger partial charge in [-0.25, -0.2) is 4.98 Å². The Hall–Kier alpha value is -2.71. The maximum atomic E-state index is 12.5. The first kappa shape index (κ1) is 23.1. The molecule has 0 unspecified atom stereocenters. The highest BCUT2D eigenvalue weighted by Gasteiger charge is 2.18. The molecule has 1 N–H and O–H groups in total. The molecule has 2 heterocycles. The average Bonchev–Trinajstić information content (AvgIpc) is 3.42. The fraction of sp³-hybridized carbons (Fsp3) is 0.385. The van der Waals surface area contributed by atoms with Gasteiger partial charge in [0.05, 0.1) is 16.0 Å². The van der Waals surface area contributed by atoms with Gasteiger partial charge in [0.15, 0.2) is 5.16 Å². The average molecular weight is 492 g/mol. The molecule has 0 atom stereocenters. The zero-order chi connectivity index (χ0) is 23.5. The Labute approximate surface area is 208 Å². The maximum Gasteiger partial charge on any atom is 0.234 e. The van der Waals surface area contributed by atoms with Gasteiger partial charge in [0.1, 0.15) is 10.8 Å². The van der Waals surface area contributed by atoms with Crippen LogP contribution in [0.15, 0.2) is 47.6 Å². The van der Waals surface area contributed by atoms with E-state index in [0.717, 1.165) is 39.2 Å². The third kappa shape index (κ3) is 5.33. The van der Waals surface area contributed by atoms with Crippen molar-refractivity contribution in [2.75, 3.05) is 11.1 Å². The van der Waals surface area contributed by atoms with Crippen LogP contribution in [0.3, 0.4) is 0 Å². The van der Waals surface area contributed by atoms with E-state index in [1.165, 1.54) is 54.1 Å². The second-order valence-corrected chi connectivity index (χ2v) is 11.0. The van der Waals surface area contributed by atoms with Crippen LogP contribution in [0, 0.1) is 12.8 Å². The Bertz CT molecular complexity index is 1290. The predicted molar refractivity (Wildman–Crippen MR) is 140 cm³/mol. The van der Waals surface area contributed by atoms with E-state index in [0.29, 0.717) is 11.7 Å². The highest BCUT2D eigenvalue weighted by molar-refractivity contribution is 7.99. The number of carbonyl (C=O) groups excluding carboxylic acids is 1. The van der Waals surface area contributed by atoms with Crippen molar-refractivity contribution in [3.05, 3.63) is 53.9 Å². The quantitative estimate of drug-likeness (QED) is 0.309. The van der Waals surface area contributed by atoms with Crippen molar-refractivity contribution in [3.8, 4) is 10.6 Å². The molecule has 1 fully saturated rings. The normalized spacial score (nSPS) is 14.5. The lowest BCUT2D eigenvalue weighted by atomic mass is 9.87. The largest absolute Gasteiger partial charge is 0.325 e. The van der Waals surface area contributed by atoms with E-state index < -0.39 is 0 Å². The highest BCUT2D eigenvalue weighted by Crippen LogP contribution is 2.31. The fourth-order valence-corrected chi connectivity index (χ4v) is 6.28. The molecule has 2 aromatic carbocycles. The van der Waals surface area contributed by atoms with Gasteiger partial charge in [-0.15, -0.1) is 21.5 Å². The zero-order valence-corrected chi connectivity index (χ0v) is 21.2. The van der Waals surface area contributed by atoms with Crippen LogP contribution in [0.1, 0.15) is 43.5 Å². The smallest absolute Gasteiger partial charge is 0.234 e. The minimum atomic E-state index is -0.0509. The summed E-state index contributed by atoms with van der Waals surface area (Å²) in [5.41, 5.74) is 4.09. The van der Waals surface area contributed by atoms with Gasteiger partial charge in [0, 0.05) is 24.7 Å². The summed E-state index contributed by atoms with van der Waals surface area (Å²) in [5, 5.41) is 13.5. The summed E-state index contributed by atoms with van der Waals surface area (Å²) in [6.07, 6.45) is 7.56. The number of amides is 1. The first-order valence-electron chi connectivity index (χ1n) is 11.8. The van der Waals surface area contributed by atoms with Gasteiger partial charge >= 0.3 is 0 Å². The van der Waals surface area contributed by atoms with Crippen molar-refractivity contribution in [3.63, 3.8) is 0 Å². The number of nitrogens with zero attached hydrogens (tertiary/aromatic N) is 4. The second kappa shape index (κ2) is 10.3. The lowest BCUT2D eigenvalue weighted by Crippen LogP contribution is -2.15. The molecule has 0 bridgehead atoms. The molecule has 1 saturated carbocycles. The fourth-order valence-electron chi connectivity index (χ4n) is 4.48. The van der Waals surface area contributed by atoms with Crippen LogP contribution < -0.4 is 5.32 Å². The molecule has 2 aromatic heterocycles. The first-order chi connectivity index (χ1) is 16.5. The van der Waals surface area contributed by atoms with Crippen LogP contribution >= 0.6 is 23.1 Å². The number of hydrogen-bond acceptors (Lipinski definition) is 6. The summed E-state index contributed by atoms with van der Waals surface area (Å²) in [4.78, 5) is 17.3. The first-order valence-corrected chi connectivity index (χ1v) is 13.6. The molecule has 0 aliphatic heterocycles. The Morgan fingerprint density at radius 1 is 1.12 bits per heavy atom. The van der Waals surface area contributed by atoms with Gasteiger partial charge in [-0.2, -0.15) is 0 Å². The number of hydrogen-bond donors (Lipinski definition) is 1. The molecule has 8 heteroatoms. The van der Waals surface area contributed by atoms with E-state index in [1.54, 1.807) is 11.3 Å². The Morgan fingerprint density at radius 3 is 2.71 bits per heavy atom. The van der Waals surface area contributed by atoms with Crippen molar-refractivity contribution in [1.29, 1.82) is 0 Å². The minimum Gasteiger partial charge on any atom is -0.325 e. The molecule has 0 radical (unpaired) electrons. The number of rotatable bonds is 7. The summed E-state index contributed by atoms with van der Waals surface area (Å²) in [6, 6.07) is 14.2. The molecule has 1 aliphatic rings. The Kier molecular flexibility index (Phi) is 6.97. The third-order valence-corrected chi connectivity index (χ3v) is 8.50. The van der Waals surface area contributed by atoms with Gasteiger partial charge in [-0.05, 0) is 54.8 Å². The van der Waals surface area contributed by atoms with Crippen LogP contribution in [0.2, 0.25) is 0 Å². The topological polar surface area (TPSA) is 72.7 Å². The number of thioether (sulfide) groups is 1. The molecule has 0 spiro atoms. The molecule has 176 valence electrons. The summed E-state index contributed by atoms with van der Waals surface area (Å²) >= 11 is 3.12. The monoisotopic (exact) mass is 491 g/mol. The van der Waals surface area contributed by atoms with E-state index in [-0.39, 0.29) is 5.91 Å². The van der Waals surface area contributed by atoms with Gasteiger partial charge in [-0.1, -0.05) is 49.9 Å². The van der Waals surface area contributed by atoms with Crippen molar-refractivity contribution >= 4 is 44.9 Å². The SMILES string of the molecule is Cc1ccc2nc(-c3ccc(NC(=O)CSc4nnc(CC5CCCCC5)n4C)cc3)sc2c1. The van der Waals surface area contributed by atoms with Gasteiger partial charge < -0.3 is 9.88 Å². The third-order valence-electron chi connectivity index (χ3n) is 6.41. The molecule has 34 heavy (non-hydrogen) atoms. The molecule has 0 saturated heterocycles. The summed E-state index contributed by atoms with van der Waals surface area (Å²) < 4.78 is 3.23. The summed E-state index contributed by atoms with van der Waals surface area (Å²) in [6.45, 7) is 2.09. The molecule has 4 aromatic rings. The van der Waals surface area contributed by atoms with E-state index in [1.807, 2.05) is 35.9 Å². The predicted octanol–water partition coefficient (Wildman–Crippen LogP) is 6.25. The van der Waals surface area contributed by atoms with Crippen molar-refractivity contribution in [1.82, 2.24) is 19.7 Å². The van der Waals surface area contributed by atoms with Crippen LogP contribution in [0.5, 0.6) is 0 Å². The second-order valence-electron chi connectivity index (χ2n) is 9.07. The molecule has 1 amide bonds. The van der Waals surface area contributed by atoms with Gasteiger partial charge in [0.2, 0.25) is 5.91 Å². The number of fused-ring (bicyclic) bond motifs is 1. The summed E-state index contributed by atoms with van der Waals surface area (Å²) in [5.74, 6) is 1.99. The van der Waals surface area contributed by atoms with E-state index in [9.17, 15) is 4.79 Å². The minimum absolute atomic E-state index is 0.0509.